The van der Waals surface area contributed by atoms with Crippen LogP contribution in [0.2, 0.25) is 0 Å². The van der Waals surface area contributed by atoms with E-state index in [1.807, 2.05) is 6.07 Å². The molecule has 3 N–H and O–H groups in total. The number of rotatable bonds is 5. The predicted octanol–water partition coefficient (Wildman–Crippen LogP) is 3.75. The zero-order chi connectivity index (χ0) is 11.4. The quantitative estimate of drug-likeness (QED) is 0.734. The van der Waals surface area contributed by atoms with Crippen molar-refractivity contribution >= 4 is 10.9 Å². The molecule has 0 aliphatic rings. The third-order valence-electron chi connectivity index (χ3n) is 3.14. The fourth-order valence-corrected chi connectivity index (χ4v) is 2.17. The van der Waals surface area contributed by atoms with Crippen LogP contribution < -0.4 is 5.73 Å². The summed E-state index contributed by atoms with van der Waals surface area (Å²) >= 11 is 0. The second-order valence-corrected chi connectivity index (χ2v) is 4.39. The van der Waals surface area contributed by atoms with Gasteiger partial charge in [-0.1, -0.05) is 44.4 Å². The van der Waals surface area contributed by atoms with E-state index in [0.717, 1.165) is 6.42 Å². The Kier molecular flexibility index (Phi) is 3.62. The fourth-order valence-electron chi connectivity index (χ4n) is 2.17. The Hall–Kier alpha value is -1.28. The molecule has 1 heterocycles. The summed E-state index contributed by atoms with van der Waals surface area (Å²) < 4.78 is 0. The SMILES string of the molecule is CCCCCC(N)c1c[nH]c2ccccc12. The molecule has 2 heteroatoms. The molecule has 0 fully saturated rings. The normalized spacial score (nSPS) is 13.1. The summed E-state index contributed by atoms with van der Waals surface area (Å²) in [5, 5.41) is 1.27. The van der Waals surface area contributed by atoms with Crippen LogP contribution in [0, 0.1) is 0 Å². The summed E-state index contributed by atoms with van der Waals surface area (Å²) in [6.07, 6.45) is 6.88. The summed E-state index contributed by atoms with van der Waals surface area (Å²) in [6, 6.07) is 8.52. The highest BCUT2D eigenvalue weighted by Crippen LogP contribution is 2.25. The number of aromatic nitrogens is 1. The van der Waals surface area contributed by atoms with Gasteiger partial charge in [-0.2, -0.15) is 0 Å². The van der Waals surface area contributed by atoms with Gasteiger partial charge in [-0.05, 0) is 18.1 Å². The predicted molar refractivity (Wildman–Crippen MR) is 69.4 cm³/mol. The van der Waals surface area contributed by atoms with Crippen LogP contribution in [0.4, 0.5) is 0 Å². The van der Waals surface area contributed by atoms with Crippen molar-refractivity contribution < 1.29 is 0 Å². The number of unbranched alkanes of at least 4 members (excludes halogenated alkanes) is 2. The number of hydrogen-bond donors (Lipinski definition) is 2. The van der Waals surface area contributed by atoms with E-state index in [-0.39, 0.29) is 6.04 Å². The lowest BCUT2D eigenvalue weighted by Crippen LogP contribution is -2.09. The Morgan fingerprint density at radius 1 is 1.25 bits per heavy atom. The number of para-hydroxylation sites is 1. The van der Waals surface area contributed by atoms with Crippen LogP contribution in [0.25, 0.3) is 10.9 Å². The lowest BCUT2D eigenvalue weighted by Gasteiger charge is -2.10. The first kappa shape index (κ1) is 11.2. The first-order valence-electron chi connectivity index (χ1n) is 6.14. The fraction of sp³-hybridized carbons (Fsp3) is 0.429. The van der Waals surface area contributed by atoms with Gasteiger partial charge in [0.15, 0.2) is 0 Å². The van der Waals surface area contributed by atoms with Gasteiger partial charge in [0.05, 0.1) is 0 Å². The van der Waals surface area contributed by atoms with E-state index in [1.54, 1.807) is 0 Å². The molecule has 86 valence electrons. The zero-order valence-electron chi connectivity index (χ0n) is 9.87. The zero-order valence-corrected chi connectivity index (χ0v) is 9.87. The smallest absolute Gasteiger partial charge is 0.0457 e. The Morgan fingerprint density at radius 2 is 2.06 bits per heavy atom. The minimum Gasteiger partial charge on any atom is -0.361 e. The third kappa shape index (κ3) is 2.27. The molecule has 1 atom stereocenters. The number of hydrogen-bond acceptors (Lipinski definition) is 1. The molecule has 16 heavy (non-hydrogen) atoms. The lowest BCUT2D eigenvalue weighted by molar-refractivity contribution is 0.584. The van der Waals surface area contributed by atoms with Crippen molar-refractivity contribution in [3.63, 3.8) is 0 Å². The van der Waals surface area contributed by atoms with Gasteiger partial charge in [0.25, 0.3) is 0 Å². The van der Waals surface area contributed by atoms with Gasteiger partial charge in [-0.15, -0.1) is 0 Å². The van der Waals surface area contributed by atoms with E-state index in [2.05, 4.69) is 36.3 Å². The minimum atomic E-state index is 0.169. The van der Waals surface area contributed by atoms with Gasteiger partial charge >= 0.3 is 0 Å². The third-order valence-corrected chi connectivity index (χ3v) is 3.14. The maximum Gasteiger partial charge on any atom is 0.0457 e. The van der Waals surface area contributed by atoms with Crippen molar-refractivity contribution in [2.75, 3.05) is 0 Å². The molecule has 0 bridgehead atoms. The molecule has 1 aromatic heterocycles. The molecule has 1 unspecified atom stereocenters. The van der Waals surface area contributed by atoms with Crippen molar-refractivity contribution in [3.8, 4) is 0 Å². The van der Waals surface area contributed by atoms with Crippen LogP contribution >= 0.6 is 0 Å². The number of fused-ring (bicyclic) bond motifs is 1. The summed E-state index contributed by atoms with van der Waals surface area (Å²) in [5.74, 6) is 0. The Morgan fingerprint density at radius 3 is 2.88 bits per heavy atom. The Labute approximate surface area is 96.9 Å². The topological polar surface area (TPSA) is 41.8 Å². The molecule has 2 aromatic rings. The van der Waals surface area contributed by atoms with Crippen molar-refractivity contribution in [3.05, 3.63) is 36.0 Å². The van der Waals surface area contributed by atoms with Crippen LogP contribution in [0.1, 0.15) is 44.2 Å². The molecule has 2 rings (SSSR count). The molecule has 1 aromatic carbocycles. The van der Waals surface area contributed by atoms with Gasteiger partial charge < -0.3 is 10.7 Å². The van der Waals surface area contributed by atoms with E-state index < -0.39 is 0 Å². The van der Waals surface area contributed by atoms with E-state index >= 15 is 0 Å². The van der Waals surface area contributed by atoms with Crippen molar-refractivity contribution in [1.82, 2.24) is 4.98 Å². The monoisotopic (exact) mass is 216 g/mol. The molecule has 2 nitrogen and oxygen atoms in total. The Bertz CT molecular complexity index is 445. The Balaban J connectivity index is 2.13. The highest BCUT2D eigenvalue weighted by Gasteiger charge is 2.10. The lowest BCUT2D eigenvalue weighted by atomic mass is 10.0. The largest absolute Gasteiger partial charge is 0.361 e. The number of nitrogens with two attached hydrogens (primary N) is 1. The first-order valence-corrected chi connectivity index (χ1v) is 6.14. The number of aromatic amines is 1. The van der Waals surface area contributed by atoms with Crippen LogP contribution in [0.15, 0.2) is 30.5 Å². The van der Waals surface area contributed by atoms with Crippen LogP contribution in [-0.2, 0) is 0 Å². The van der Waals surface area contributed by atoms with Gasteiger partial charge in [-0.25, -0.2) is 0 Å². The standard InChI is InChI=1S/C14H20N2/c1-2-3-4-8-13(15)12-10-16-14-9-6-5-7-11(12)14/h5-7,9-10,13,16H,2-4,8,15H2,1H3. The van der Waals surface area contributed by atoms with Crippen LogP contribution in [0.5, 0.6) is 0 Å². The summed E-state index contributed by atoms with van der Waals surface area (Å²) in [5.41, 5.74) is 8.67. The van der Waals surface area contributed by atoms with Crippen LogP contribution in [-0.4, -0.2) is 4.98 Å². The van der Waals surface area contributed by atoms with Gasteiger partial charge in [0.2, 0.25) is 0 Å². The van der Waals surface area contributed by atoms with Crippen molar-refractivity contribution in [2.24, 2.45) is 5.73 Å². The molecular weight excluding hydrogens is 196 g/mol. The first-order chi connectivity index (χ1) is 7.83. The highest BCUT2D eigenvalue weighted by atomic mass is 14.7. The van der Waals surface area contributed by atoms with E-state index in [0.29, 0.717) is 0 Å². The summed E-state index contributed by atoms with van der Waals surface area (Å²) in [6.45, 7) is 2.22. The second-order valence-electron chi connectivity index (χ2n) is 4.39. The van der Waals surface area contributed by atoms with Crippen molar-refractivity contribution in [1.29, 1.82) is 0 Å². The molecule has 0 aliphatic carbocycles. The van der Waals surface area contributed by atoms with Gasteiger partial charge in [-0.3, -0.25) is 0 Å². The molecule has 0 saturated heterocycles. The second kappa shape index (κ2) is 5.17. The maximum atomic E-state index is 6.23. The molecule has 0 amide bonds. The minimum absolute atomic E-state index is 0.169. The molecule has 0 radical (unpaired) electrons. The average Bonchev–Trinajstić information content (AvgIpc) is 2.73. The molecular formula is C14H20N2. The van der Waals surface area contributed by atoms with Crippen LogP contribution in [0.3, 0.4) is 0 Å². The van der Waals surface area contributed by atoms with Crippen molar-refractivity contribution in [2.45, 2.75) is 38.6 Å². The van der Waals surface area contributed by atoms with E-state index in [9.17, 15) is 0 Å². The number of H-pyrrole nitrogens is 1. The van der Waals surface area contributed by atoms with E-state index in [4.69, 9.17) is 5.73 Å². The molecule has 0 aliphatic heterocycles. The molecule has 0 saturated carbocycles. The number of benzene rings is 1. The summed E-state index contributed by atoms with van der Waals surface area (Å²) in [7, 11) is 0. The highest BCUT2D eigenvalue weighted by molar-refractivity contribution is 5.83. The molecule has 0 spiro atoms. The number of nitrogens with one attached hydrogen (secondary N) is 1. The van der Waals surface area contributed by atoms with E-state index in [1.165, 1.54) is 35.7 Å². The maximum absolute atomic E-state index is 6.23. The average molecular weight is 216 g/mol. The van der Waals surface area contributed by atoms with Gasteiger partial charge in [0.1, 0.15) is 0 Å². The summed E-state index contributed by atoms with van der Waals surface area (Å²) in [4.78, 5) is 3.28. The van der Waals surface area contributed by atoms with Gasteiger partial charge in [0, 0.05) is 23.1 Å².